The van der Waals surface area contributed by atoms with Crippen molar-refractivity contribution in [3.63, 3.8) is 0 Å². The average Bonchev–Trinajstić information content (AvgIpc) is 1.64. The average molecular weight is 504 g/mol. The van der Waals surface area contributed by atoms with E-state index in [9.17, 15) is 57.4 Å². The number of hydrogen-bond donors (Lipinski definition) is 2. The molecule has 0 aliphatic rings. The molecule has 23 heteroatoms. The first-order valence-electron chi connectivity index (χ1n) is 2.92. The van der Waals surface area contributed by atoms with Crippen molar-refractivity contribution in [3.8, 4) is 0 Å². The number of rotatable bonds is 4. The Morgan fingerprint density at radius 2 is 0.522 bits per heavy atom. The van der Waals surface area contributed by atoms with E-state index in [1.165, 1.54) is 0 Å². The van der Waals surface area contributed by atoms with Crippen molar-refractivity contribution < 1.29 is 66.0 Å². The SMILES string of the molecule is O=P([O-])([O-])OP(=O)([O-])[O-].O=P([O-])([O-])OP(=O)([O-])[O-].[Ca+2].[Ca+2].[Ca+2].[NH4+].[NH4+]. The monoisotopic (exact) mass is 504 g/mol. The Balaban J connectivity index is -0.0000000366. The van der Waals surface area contributed by atoms with Crippen LogP contribution in [0.1, 0.15) is 0 Å². The molecule has 0 spiro atoms. The van der Waals surface area contributed by atoms with Gasteiger partial charge in [-0.1, -0.05) is 0 Å². The summed E-state index contributed by atoms with van der Waals surface area (Å²) in [6, 6.07) is 0. The molecule has 16 nitrogen and oxygen atoms in total. The molecule has 0 saturated heterocycles. The fourth-order valence-corrected chi connectivity index (χ4v) is 2.20. The van der Waals surface area contributed by atoms with E-state index in [1.807, 2.05) is 0 Å². The standard InChI is InChI=1S/3Ca.2H3N.2H4O7P2/c;;;;;2*1-8(2,3)7-9(4,5)6/h;;;2*1H3;2*(H2,1,2,3)(H2,4,5,6)/q3*+2;;;;/p-6. The summed E-state index contributed by atoms with van der Waals surface area (Å²) in [5.74, 6) is 0. The van der Waals surface area contributed by atoms with Gasteiger partial charge in [0.15, 0.2) is 0 Å². The molecule has 0 aliphatic carbocycles. The van der Waals surface area contributed by atoms with Crippen LogP contribution in [-0.2, 0) is 26.9 Å². The molecule has 0 atom stereocenters. The summed E-state index contributed by atoms with van der Waals surface area (Å²) in [5, 5.41) is 0. The van der Waals surface area contributed by atoms with E-state index < -0.39 is 31.3 Å². The van der Waals surface area contributed by atoms with Crippen molar-refractivity contribution in [2.75, 3.05) is 0 Å². The van der Waals surface area contributed by atoms with E-state index in [2.05, 4.69) is 8.62 Å². The Labute approximate surface area is 219 Å². The molecule has 0 heterocycles. The summed E-state index contributed by atoms with van der Waals surface area (Å²) in [6.45, 7) is 0. The molecule has 8 N–H and O–H groups in total. The zero-order valence-electron chi connectivity index (χ0n) is 11.6. The summed E-state index contributed by atoms with van der Waals surface area (Å²) in [5.41, 5.74) is 0. The molecule has 23 heavy (non-hydrogen) atoms. The molecule has 0 rings (SSSR count). The van der Waals surface area contributed by atoms with Crippen LogP contribution < -0.4 is 51.4 Å². The minimum Gasteiger partial charge on any atom is -0.790 e. The van der Waals surface area contributed by atoms with Crippen LogP contribution in [0.3, 0.4) is 0 Å². The van der Waals surface area contributed by atoms with E-state index in [1.54, 1.807) is 0 Å². The van der Waals surface area contributed by atoms with Crippen molar-refractivity contribution in [3.05, 3.63) is 0 Å². The van der Waals surface area contributed by atoms with Gasteiger partial charge in [-0.3, -0.25) is 0 Å². The van der Waals surface area contributed by atoms with Gasteiger partial charge in [-0.25, -0.2) is 0 Å². The Kier molecular flexibility index (Phi) is 36.3. The van der Waals surface area contributed by atoms with Crippen LogP contribution in [0, 0.1) is 0 Å². The number of quaternary nitrogens is 2. The van der Waals surface area contributed by atoms with Crippen molar-refractivity contribution in [2.24, 2.45) is 0 Å². The normalized spacial score (nSPS) is 10.8. The van der Waals surface area contributed by atoms with Crippen molar-refractivity contribution in [1.82, 2.24) is 12.3 Å². The van der Waals surface area contributed by atoms with E-state index in [0.29, 0.717) is 0 Å². The molecule has 0 bridgehead atoms. The van der Waals surface area contributed by atoms with Gasteiger partial charge in [-0.2, -0.15) is 0 Å². The van der Waals surface area contributed by atoms with Gasteiger partial charge in [0, 0.05) is 0 Å². The Morgan fingerprint density at radius 3 is 0.522 bits per heavy atom. The van der Waals surface area contributed by atoms with Gasteiger partial charge in [0.25, 0.3) is 0 Å². The van der Waals surface area contributed by atoms with E-state index in [4.69, 9.17) is 0 Å². The summed E-state index contributed by atoms with van der Waals surface area (Å²) >= 11 is 0. The quantitative estimate of drug-likeness (QED) is 0.265. The van der Waals surface area contributed by atoms with Gasteiger partial charge >= 0.3 is 113 Å². The molecule has 0 fully saturated rings. The summed E-state index contributed by atoms with van der Waals surface area (Å²) < 4.78 is 42.3. The maximum absolute atomic E-state index is 9.32. The third-order valence-electron chi connectivity index (χ3n) is 0.400. The molecule has 0 amide bonds. The first-order chi connectivity index (χ1) is 7.41. The zero-order chi connectivity index (χ0) is 15.4. The van der Waals surface area contributed by atoms with Crippen LogP contribution in [0.25, 0.3) is 0 Å². The predicted octanol–water partition coefficient (Wildman–Crippen LogP) is -7.07. The maximum atomic E-state index is 9.32. The topological polar surface area (TPSA) is 344 Å². The van der Waals surface area contributed by atoms with Gasteiger partial charge in [-0.05, 0) is 0 Å². The zero-order valence-corrected chi connectivity index (χ0v) is 21.8. The van der Waals surface area contributed by atoms with Crippen molar-refractivity contribution >= 4 is 145 Å². The molecule has 0 aromatic heterocycles. The first kappa shape index (κ1) is 45.8. The second-order valence-electron chi connectivity index (χ2n) is 1.95. The fourth-order valence-electron chi connectivity index (χ4n) is 0.245. The van der Waals surface area contributed by atoms with Gasteiger partial charge in [0.05, 0.1) is 31.3 Å². The summed E-state index contributed by atoms with van der Waals surface area (Å²) in [4.78, 5) is 74.6. The Morgan fingerprint density at radius 1 is 0.435 bits per heavy atom. The van der Waals surface area contributed by atoms with E-state index in [0.717, 1.165) is 0 Å². The minimum atomic E-state index is -5.68. The Hall–Kier alpha value is 4.22. The minimum absolute atomic E-state index is 0. The molecular formula is H8Ca3N2O14P4. The first-order valence-corrected chi connectivity index (χ1v) is 8.76. The molecule has 128 valence electrons. The van der Waals surface area contributed by atoms with E-state index in [-0.39, 0.29) is 126 Å². The van der Waals surface area contributed by atoms with Gasteiger partial charge in [-0.15, -0.1) is 0 Å². The van der Waals surface area contributed by atoms with Crippen LogP contribution in [0.15, 0.2) is 0 Å². The number of phosphoric acid groups is 4. The molecule has 0 aromatic carbocycles. The maximum Gasteiger partial charge on any atom is 2.00 e. The van der Waals surface area contributed by atoms with Crippen LogP contribution in [0.5, 0.6) is 0 Å². The molecule has 0 radical (unpaired) electrons. The summed E-state index contributed by atoms with van der Waals surface area (Å²) in [7, 11) is -22.7. The molecule has 0 aromatic rings. The number of hydrogen-bond acceptors (Lipinski definition) is 14. The van der Waals surface area contributed by atoms with Crippen molar-refractivity contribution in [1.29, 1.82) is 0 Å². The van der Waals surface area contributed by atoms with Gasteiger partial charge < -0.3 is 78.3 Å². The third kappa shape index (κ3) is 58.5. The second kappa shape index (κ2) is 18.3. The van der Waals surface area contributed by atoms with Crippen LogP contribution in [0.4, 0.5) is 0 Å². The third-order valence-corrected chi connectivity index (χ3v) is 3.60. The molecule has 0 saturated carbocycles. The largest absolute Gasteiger partial charge is 2.00 e. The Bertz CT molecular complexity index is 359. The smallest absolute Gasteiger partial charge is 0.790 e. The molecule has 0 aliphatic heterocycles. The van der Waals surface area contributed by atoms with Crippen molar-refractivity contribution in [2.45, 2.75) is 0 Å². The van der Waals surface area contributed by atoms with E-state index >= 15 is 0 Å². The predicted molar refractivity (Wildman–Crippen MR) is 61.8 cm³/mol. The summed E-state index contributed by atoms with van der Waals surface area (Å²) in [6.07, 6.45) is 0. The van der Waals surface area contributed by atoms with Gasteiger partial charge in [0.2, 0.25) is 0 Å². The van der Waals surface area contributed by atoms with Crippen LogP contribution in [0.2, 0.25) is 0 Å². The second-order valence-corrected chi connectivity index (χ2v) is 6.84. The van der Waals surface area contributed by atoms with Crippen LogP contribution in [-0.4, -0.2) is 113 Å². The van der Waals surface area contributed by atoms with Gasteiger partial charge in [0.1, 0.15) is 0 Å². The molecular weight excluding hydrogens is 496 g/mol. The molecule has 0 unspecified atom stereocenters. The van der Waals surface area contributed by atoms with Crippen LogP contribution >= 0.6 is 31.3 Å². The fraction of sp³-hybridized carbons (Fsp3) is 0.